The van der Waals surface area contributed by atoms with Gasteiger partial charge >= 0.3 is 11.9 Å². The van der Waals surface area contributed by atoms with Crippen molar-refractivity contribution in [3.8, 4) is 0 Å². The van der Waals surface area contributed by atoms with E-state index < -0.39 is 5.41 Å². The molecule has 0 radical (unpaired) electrons. The Morgan fingerprint density at radius 2 is 1.49 bits per heavy atom. The molecule has 1 fully saturated rings. The largest absolute Gasteiger partial charge is 0.465 e. The lowest BCUT2D eigenvalue weighted by Crippen LogP contribution is -2.27. The average Bonchev–Trinajstić information content (AvgIpc) is 3.30. The summed E-state index contributed by atoms with van der Waals surface area (Å²) in [5.74, 6) is 0.721. The molecular weight excluding hydrogens is 462 g/mol. The minimum absolute atomic E-state index is 0.0262. The van der Waals surface area contributed by atoms with E-state index in [4.69, 9.17) is 9.47 Å². The molecule has 0 spiro atoms. The van der Waals surface area contributed by atoms with Crippen molar-refractivity contribution in [1.29, 1.82) is 0 Å². The van der Waals surface area contributed by atoms with Crippen LogP contribution < -0.4 is 0 Å². The van der Waals surface area contributed by atoms with E-state index in [1.807, 2.05) is 20.8 Å². The van der Waals surface area contributed by atoms with Gasteiger partial charge in [0.25, 0.3) is 0 Å². The minimum atomic E-state index is -0.397. The summed E-state index contributed by atoms with van der Waals surface area (Å²) in [6, 6.07) is 0. The highest BCUT2D eigenvalue weighted by Gasteiger charge is 2.29. The van der Waals surface area contributed by atoms with Crippen molar-refractivity contribution < 1.29 is 19.1 Å². The summed E-state index contributed by atoms with van der Waals surface area (Å²) < 4.78 is 11.3. The molecule has 0 amide bonds. The third-order valence-corrected chi connectivity index (χ3v) is 7.98. The predicted molar refractivity (Wildman–Crippen MR) is 155 cm³/mol. The monoisotopic (exact) mass is 523 g/mol. The van der Waals surface area contributed by atoms with E-state index in [0.717, 1.165) is 70.5 Å². The molecule has 0 N–H and O–H groups in total. The Bertz CT molecular complexity index is 581. The van der Waals surface area contributed by atoms with E-state index in [9.17, 15) is 9.59 Å². The molecule has 218 valence electrons. The maximum atomic E-state index is 12.7. The topological polar surface area (TPSA) is 55.8 Å². The Kier molecular flexibility index (Phi) is 19.1. The number of ether oxygens (including phenoxy) is 2. The Labute approximate surface area is 229 Å². The maximum Gasteiger partial charge on any atom is 0.311 e. The molecule has 37 heavy (non-hydrogen) atoms. The van der Waals surface area contributed by atoms with Crippen LogP contribution >= 0.6 is 0 Å². The zero-order chi connectivity index (χ0) is 27.4. The number of hydrogen-bond acceptors (Lipinski definition) is 5. The molecule has 0 aromatic carbocycles. The summed E-state index contributed by atoms with van der Waals surface area (Å²) in [6.07, 6.45) is 20.7. The van der Waals surface area contributed by atoms with Gasteiger partial charge < -0.3 is 9.47 Å². The molecule has 0 aromatic rings. The van der Waals surface area contributed by atoms with E-state index in [0.29, 0.717) is 13.0 Å². The lowest BCUT2D eigenvalue weighted by Gasteiger charge is -2.23. The number of carbonyl (C=O) groups excluding carboxylic acids is 2. The highest BCUT2D eigenvalue weighted by molar-refractivity contribution is 5.75. The van der Waals surface area contributed by atoms with Gasteiger partial charge in [-0.2, -0.15) is 0 Å². The van der Waals surface area contributed by atoms with Crippen LogP contribution in [0.2, 0.25) is 0 Å². The molecule has 1 aliphatic rings. The number of nitrogens with zero attached hydrogens (tertiary/aromatic N) is 1. The molecule has 0 aliphatic carbocycles. The second-order valence-electron chi connectivity index (χ2n) is 12.1. The van der Waals surface area contributed by atoms with Crippen molar-refractivity contribution in [2.24, 2.45) is 11.3 Å². The molecule has 0 aromatic heterocycles. The van der Waals surface area contributed by atoms with Crippen molar-refractivity contribution in [3.63, 3.8) is 0 Å². The van der Waals surface area contributed by atoms with E-state index in [-0.39, 0.29) is 18.0 Å². The number of unbranched alkanes of at least 4 members (excludes halogenated alkanes) is 7. The van der Waals surface area contributed by atoms with Gasteiger partial charge in [-0.1, -0.05) is 91.4 Å². The number of rotatable bonds is 23. The normalized spacial score (nSPS) is 16.4. The Morgan fingerprint density at radius 1 is 0.838 bits per heavy atom. The van der Waals surface area contributed by atoms with E-state index in [2.05, 4.69) is 18.7 Å². The molecule has 1 saturated heterocycles. The van der Waals surface area contributed by atoms with Crippen LogP contribution in [-0.4, -0.2) is 49.2 Å². The summed E-state index contributed by atoms with van der Waals surface area (Å²) in [5.41, 5.74) is -0.397. The third kappa shape index (κ3) is 16.5. The lowest BCUT2D eigenvalue weighted by atomic mass is 9.87. The zero-order valence-corrected chi connectivity index (χ0v) is 25.3. The number of hydrogen-bond donors (Lipinski definition) is 0. The van der Waals surface area contributed by atoms with E-state index >= 15 is 0 Å². The van der Waals surface area contributed by atoms with Crippen LogP contribution in [0, 0.1) is 11.3 Å². The molecule has 1 atom stereocenters. The molecule has 5 nitrogen and oxygen atoms in total. The van der Waals surface area contributed by atoms with Crippen molar-refractivity contribution in [1.82, 2.24) is 4.90 Å². The summed E-state index contributed by atoms with van der Waals surface area (Å²) >= 11 is 0. The van der Waals surface area contributed by atoms with E-state index in [1.54, 1.807) is 0 Å². The first-order chi connectivity index (χ1) is 17.8. The molecule has 0 bridgehead atoms. The summed E-state index contributed by atoms with van der Waals surface area (Å²) in [4.78, 5) is 26.8. The first-order valence-corrected chi connectivity index (χ1v) is 15.9. The number of likely N-dealkylation sites (tertiary alicyclic amines) is 1. The van der Waals surface area contributed by atoms with Gasteiger partial charge in [-0.05, 0) is 64.8 Å². The van der Waals surface area contributed by atoms with Gasteiger partial charge in [-0.3, -0.25) is 14.5 Å². The standard InChI is InChI=1S/C32H61NO4/c1-6-9-13-19-28(20-14-10-7-2)21-17-26-36-31(35)32(4,5)23-15-11-12-16-24-33-25-22-29(27-33)37-30(34)18-8-3/h28-29H,6-27H2,1-5H3. The fourth-order valence-electron chi connectivity index (χ4n) is 5.43. The second-order valence-corrected chi connectivity index (χ2v) is 12.1. The van der Waals surface area contributed by atoms with Crippen LogP contribution in [0.15, 0.2) is 0 Å². The molecule has 1 aliphatic heterocycles. The van der Waals surface area contributed by atoms with Crippen LogP contribution in [0.5, 0.6) is 0 Å². The van der Waals surface area contributed by atoms with Crippen molar-refractivity contribution >= 4 is 11.9 Å². The summed E-state index contributed by atoms with van der Waals surface area (Å²) in [5, 5.41) is 0. The SMILES string of the molecule is CCCCCC(CCCCC)CCCOC(=O)C(C)(C)CCCCCCN1CCC(OC(=O)CCC)C1. The first-order valence-electron chi connectivity index (χ1n) is 15.9. The predicted octanol–water partition coefficient (Wildman–Crippen LogP) is 8.48. The van der Waals surface area contributed by atoms with Gasteiger partial charge in [-0.15, -0.1) is 0 Å². The van der Waals surface area contributed by atoms with Gasteiger partial charge in [0, 0.05) is 19.5 Å². The zero-order valence-electron chi connectivity index (χ0n) is 25.3. The Morgan fingerprint density at radius 3 is 2.14 bits per heavy atom. The molecule has 1 unspecified atom stereocenters. The third-order valence-electron chi connectivity index (χ3n) is 7.98. The highest BCUT2D eigenvalue weighted by atomic mass is 16.5. The fraction of sp³-hybridized carbons (Fsp3) is 0.938. The molecular formula is C32H61NO4. The highest BCUT2D eigenvalue weighted by Crippen LogP contribution is 2.27. The van der Waals surface area contributed by atoms with Crippen molar-refractivity contribution in [3.05, 3.63) is 0 Å². The van der Waals surface area contributed by atoms with Crippen LogP contribution in [0.4, 0.5) is 0 Å². The molecule has 0 saturated carbocycles. The molecule has 5 heteroatoms. The van der Waals surface area contributed by atoms with Crippen molar-refractivity contribution in [2.75, 3.05) is 26.2 Å². The lowest BCUT2D eigenvalue weighted by molar-refractivity contribution is -0.154. The van der Waals surface area contributed by atoms with Gasteiger partial charge in [0.1, 0.15) is 6.10 Å². The average molecular weight is 524 g/mol. The van der Waals surface area contributed by atoms with Gasteiger partial charge in [0.05, 0.1) is 12.0 Å². The smallest absolute Gasteiger partial charge is 0.311 e. The van der Waals surface area contributed by atoms with Gasteiger partial charge in [0.2, 0.25) is 0 Å². The van der Waals surface area contributed by atoms with E-state index in [1.165, 1.54) is 64.2 Å². The summed E-state index contributed by atoms with van der Waals surface area (Å²) in [6.45, 7) is 14.2. The maximum absolute atomic E-state index is 12.7. The van der Waals surface area contributed by atoms with Crippen LogP contribution in [0.25, 0.3) is 0 Å². The van der Waals surface area contributed by atoms with Crippen LogP contribution in [-0.2, 0) is 19.1 Å². The van der Waals surface area contributed by atoms with Crippen LogP contribution in [0.1, 0.15) is 150 Å². The Balaban J connectivity index is 2.14. The summed E-state index contributed by atoms with van der Waals surface area (Å²) in [7, 11) is 0. The Hall–Kier alpha value is -1.10. The van der Waals surface area contributed by atoms with Crippen molar-refractivity contribution in [2.45, 2.75) is 156 Å². The second kappa shape index (κ2) is 20.8. The number of esters is 2. The van der Waals surface area contributed by atoms with Crippen LogP contribution in [0.3, 0.4) is 0 Å². The fourth-order valence-corrected chi connectivity index (χ4v) is 5.43. The first kappa shape index (κ1) is 33.9. The quantitative estimate of drug-likeness (QED) is 0.0992. The van der Waals surface area contributed by atoms with Gasteiger partial charge in [-0.25, -0.2) is 0 Å². The molecule has 1 rings (SSSR count). The molecule has 1 heterocycles. The van der Waals surface area contributed by atoms with Gasteiger partial charge in [0.15, 0.2) is 0 Å². The number of carbonyl (C=O) groups is 2. The minimum Gasteiger partial charge on any atom is -0.465 e.